The molecule has 0 fully saturated rings. The zero-order valence-corrected chi connectivity index (χ0v) is 16.5. The first kappa shape index (κ1) is 19.9. The SMILES string of the molecule is O=C(N/C=C(/c1ccccc1)S(=O)Cc1ccccc1)Nc1ccccc1Cl. The summed E-state index contributed by atoms with van der Waals surface area (Å²) >= 11 is 6.06. The molecular formula is C22H19ClN2O2S. The summed E-state index contributed by atoms with van der Waals surface area (Å²) in [6, 6.07) is 25.4. The summed E-state index contributed by atoms with van der Waals surface area (Å²) in [7, 11) is -1.33. The number of para-hydroxylation sites is 1. The van der Waals surface area contributed by atoms with E-state index in [2.05, 4.69) is 10.6 Å². The van der Waals surface area contributed by atoms with Crippen molar-refractivity contribution >= 4 is 39.0 Å². The van der Waals surface area contributed by atoms with Crippen molar-refractivity contribution in [1.29, 1.82) is 0 Å². The third-order valence-corrected chi connectivity index (χ3v) is 5.67. The fourth-order valence-corrected chi connectivity index (χ4v) is 3.96. The highest BCUT2D eigenvalue weighted by Crippen LogP contribution is 2.22. The Labute approximate surface area is 171 Å². The van der Waals surface area contributed by atoms with Gasteiger partial charge in [-0.15, -0.1) is 0 Å². The maximum Gasteiger partial charge on any atom is 0.323 e. The Morgan fingerprint density at radius 3 is 2.18 bits per heavy atom. The van der Waals surface area contributed by atoms with Gasteiger partial charge in [0.05, 0.1) is 32.2 Å². The van der Waals surface area contributed by atoms with E-state index >= 15 is 0 Å². The van der Waals surface area contributed by atoms with Crippen LogP contribution in [-0.2, 0) is 16.6 Å². The molecular weight excluding hydrogens is 392 g/mol. The Kier molecular flexibility index (Phi) is 7.00. The van der Waals surface area contributed by atoms with Crippen molar-refractivity contribution in [2.24, 2.45) is 0 Å². The van der Waals surface area contributed by atoms with E-state index in [9.17, 15) is 9.00 Å². The lowest BCUT2D eigenvalue weighted by atomic mass is 10.2. The number of halogens is 1. The fraction of sp³-hybridized carbons (Fsp3) is 0.0455. The minimum Gasteiger partial charge on any atom is -0.313 e. The summed E-state index contributed by atoms with van der Waals surface area (Å²) in [6.07, 6.45) is 1.49. The lowest BCUT2D eigenvalue weighted by Gasteiger charge is -2.10. The van der Waals surface area contributed by atoms with E-state index in [0.29, 0.717) is 21.4 Å². The Morgan fingerprint density at radius 2 is 1.50 bits per heavy atom. The molecule has 3 aromatic carbocycles. The van der Waals surface area contributed by atoms with Crippen LogP contribution in [0, 0.1) is 0 Å². The smallest absolute Gasteiger partial charge is 0.313 e. The van der Waals surface area contributed by atoms with Crippen LogP contribution < -0.4 is 10.6 Å². The molecule has 0 saturated carbocycles. The molecule has 6 heteroatoms. The molecule has 0 aromatic heterocycles. The lowest BCUT2D eigenvalue weighted by molar-refractivity contribution is 0.255. The van der Waals surface area contributed by atoms with Gasteiger partial charge in [0, 0.05) is 6.20 Å². The van der Waals surface area contributed by atoms with Crippen molar-refractivity contribution in [1.82, 2.24) is 5.32 Å². The largest absolute Gasteiger partial charge is 0.323 e. The number of hydrogen-bond acceptors (Lipinski definition) is 2. The molecule has 1 atom stereocenters. The van der Waals surface area contributed by atoms with Gasteiger partial charge in [-0.25, -0.2) is 4.79 Å². The van der Waals surface area contributed by atoms with Crippen molar-refractivity contribution in [3.05, 3.63) is 107 Å². The summed E-state index contributed by atoms with van der Waals surface area (Å²) < 4.78 is 13.0. The number of carbonyl (C=O) groups is 1. The van der Waals surface area contributed by atoms with Crippen LogP contribution in [0.4, 0.5) is 10.5 Å². The first-order valence-electron chi connectivity index (χ1n) is 8.63. The van der Waals surface area contributed by atoms with E-state index < -0.39 is 16.8 Å². The quantitative estimate of drug-likeness (QED) is 0.570. The molecule has 4 nitrogen and oxygen atoms in total. The van der Waals surface area contributed by atoms with Crippen LogP contribution in [0.15, 0.2) is 91.1 Å². The molecule has 0 saturated heterocycles. The summed E-state index contributed by atoms with van der Waals surface area (Å²) in [5, 5.41) is 5.78. The molecule has 0 heterocycles. The highest BCUT2D eigenvalue weighted by atomic mass is 35.5. The summed E-state index contributed by atoms with van der Waals surface area (Å²) in [5.74, 6) is 0.357. The minimum absolute atomic E-state index is 0.357. The maximum absolute atomic E-state index is 13.0. The molecule has 2 N–H and O–H groups in total. The van der Waals surface area contributed by atoms with Gasteiger partial charge >= 0.3 is 6.03 Å². The van der Waals surface area contributed by atoms with E-state index in [4.69, 9.17) is 11.6 Å². The normalized spacial score (nSPS) is 12.2. The second-order valence-corrected chi connectivity index (χ2v) is 7.76. The number of nitrogens with one attached hydrogen (secondary N) is 2. The number of urea groups is 1. The van der Waals surface area contributed by atoms with Gasteiger partial charge in [-0.2, -0.15) is 0 Å². The molecule has 0 spiro atoms. The number of rotatable bonds is 6. The molecule has 2 amide bonds. The van der Waals surface area contributed by atoms with Crippen molar-refractivity contribution in [2.45, 2.75) is 5.75 Å². The van der Waals surface area contributed by atoms with Crippen LogP contribution in [0.5, 0.6) is 0 Å². The highest BCUT2D eigenvalue weighted by Gasteiger charge is 2.12. The van der Waals surface area contributed by atoms with Gasteiger partial charge in [0.25, 0.3) is 0 Å². The molecule has 3 rings (SSSR count). The predicted molar refractivity (Wildman–Crippen MR) is 116 cm³/mol. The Hall–Kier alpha value is -2.89. The summed E-state index contributed by atoms with van der Waals surface area (Å²) in [4.78, 5) is 12.8. The third-order valence-electron chi connectivity index (χ3n) is 3.90. The van der Waals surface area contributed by atoms with E-state index in [1.54, 1.807) is 24.3 Å². The second kappa shape index (κ2) is 9.88. The van der Waals surface area contributed by atoms with Gasteiger partial charge in [-0.05, 0) is 23.3 Å². The van der Waals surface area contributed by atoms with Gasteiger partial charge in [0.1, 0.15) is 0 Å². The van der Waals surface area contributed by atoms with E-state index in [1.165, 1.54) is 6.20 Å². The minimum atomic E-state index is -1.33. The number of benzene rings is 3. The third kappa shape index (κ3) is 5.55. The van der Waals surface area contributed by atoms with Crippen LogP contribution in [0.25, 0.3) is 4.91 Å². The second-order valence-electron chi connectivity index (χ2n) is 5.93. The first-order chi connectivity index (χ1) is 13.6. The molecule has 28 heavy (non-hydrogen) atoms. The topological polar surface area (TPSA) is 58.2 Å². The van der Waals surface area contributed by atoms with Crippen molar-refractivity contribution in [2.75, 3.05) is 5.32 Å². The van der Waals surface area contributed by atoms with Crippen molar-refractivity contribution < 1.29 is 9.00 Å². The van der Waals surface area contributed by atoms with Crippen LogP contribution in [-0.4, -0.2) is 10.2 Å². The molecule has 142 valence electrons. The average molecular weight is 411 g/mol. The Balaban J connectivity index is 1.77. The molecule has 0 aliphatic heterocycles. The number of amides is 2. The zero-order chi connectivity index (χ0) is 19.8. The number of carbonyl (C=O) groups excluding carboxylic acids is 1. The van der Waals surface area contributed by atoms with Gasteiger partial charge in [0.15, 0.2) is 0 Å². The van der Waals surface area contributed by atoms with Crippen LogP contribution in [0.2, 0.25) is 5.02 Å². The molecule has 1 unspecified atom stereocenters. The standard InChI is InChI=1S/C22H19ClN2O2S/c23-19-13-7-8-14-20(19)25-22(26)24-15-21(18-11-5-2-6-12-18)28(27)16-17-9-3-1-4-10-17/h1-15H,16H2,(H2,24,25,26)/b21-15-. The Morgan fingerprint density at radius 1 is 0.893 bits per heavy atom. The summed E-state index contributed by atoms with van der Waals surface area (Å²) in [5.41, 5.74) is 2.25. The van der Waals surface area contributed by atoms with Crippen LogP contribution in [0.3, 0.4) is 0 Å². The zero-order valence-electron chi connectivity index (χ0n) is 15.0. The van der Waals surface area contributed by atoms with E-state index in [0.717, 1.165) is 11.1 Å². The van der Waals surface area contributed by atoms with Gasteiger partial charge in [0.2, 0.25) is 0 Å². The van der Waals surface area contributed by atoms with Crippen LogP contribution in [0.1, 0.15) is 11.1 Å². The van der Waals surface area contributed by atoms with Gasteiger partial charge in [-0.3, -0.25) is 4.21 Å². The fourth-order valence-electron chi connectivity index (χ4n) is 2.54. The molecule has 0 aliphatic rings. The molecule has 0 radical (unpaired) electrons. The summed E-state index contributed by atoms with van der Waals surface area (Å²) in [6.45, 7) is 0. The highest BCUT2D eigenvalue weighted by molar-refractivity contribution is 7.93. The molecule has 0 bridgehead atoms. The van der Waals surface area contributed by atoms with Gasteiger partial charge in [-0.1, -0.05) is 84.4 Å². The average Bonchev–Trinajstić information content (AvgIpc) is 2.71. The monoisotopic (exact) mass is 410 g/mol. The maximum atomic E-state index is 13.0. The Bertz CT molecular complexity index is 992. The van der Waals surface area contributed by atoms with Crippen molar-refractivity contribution in [3.63, 3.8) is 0 Å². The number of hydrogen-bond donors (Lipinski definition) is 2. The predicted octanol–water partition coefficient (Wildman–Crippen LogP) is 5.41. The molecule has 0 aliphatic carbocycles. The van der Waals surface area contributed by atoms with Crippen LogP contribution >= 0.6 is 11.6 Å². The van der Waals surface area contributed by atoms with E-state index in [-0.39, 0.29) is 0 Å². The number of anilines is 1. The van der Waals surface area contributed by atoms with Gasteiger partial charge < -0.3 is 10.6 Å². The van der Waals surface area contributed by atoms with Crippen molar-refractivity contribution in [3.8, 4) is 0 Å². The van der Waals surface area contributed by atoms with E-state index in [1.807, 2.05) is 60.7 Å². The lowest BCUT2D eigenvalue weighted by Crippen LogP contribution is -2.24. The first-order valence-corrected chi connectivity index (χ1v) is 10.3. The molecule has 3 aromatic rings.